The number of ether oxygens (including phenoxy) is 1. The summed E-state index contributed by atoms with van der Waals surface area (Å²) in [6.45, 7) is 4.85. The summed E-state index contributed by atoms with van der Waals surface area (Å²) in [6, 6.07) is 0. The van der Waals surface area contributed by atoms with Gasteiger partial charge in [0.15, 0.2) is 0 Å². The van der Waals surface area contributed by atoms with Crippen molar-refractivity contribution < 1.29 is 13.2 Å². The molecule has 1 unspecified atom stereocenters. The van der Waals surface area contributed by atoms with E-state index in [1.165, 1.54) is 0 Å². The van der Waals surface area contributed by atoms with Crippen LogP contribution in [0.2, 0.25) is 0 Å². The van der Waals surface area contributed by atoms with Gasteiger partial charge in [-0.25, -0.2) is 13.1 Å². The van der Waals surface area contributed by atoms with Gasteiger partial charge in [0.25, 0.3) is 0 Å². The molecule has 3 N–H and O–H groups in total. The summed E-state index contributed by atoms with van der Waals surface area (Å²) in [6.07, 6.45) is 0. The molecule has 1 aromatic rings. The molecule has 0 amide bonds. The number of nitrogens with one attached hydrogen (secondary N) is 3. The Morgan fingerprint density at radius 2 is 2.16 bits per heavy atom. The minimum Gasteiger partial charge on any atom is -0.384 e. The highest BCUT2D eigenvalue weighted by Crippen LogP contribution is 2.17. The van der Waals surface area contributed by atoms with E-state index in [0.29, 0.717) is 31.1 Å². The Balaban J connectivity index is 2.85. The number of aryl methyl sites for hydroxylation is 1. The number of H-pyrrole nitrogens is 1. The molecule has 0 aliphatic heterocycles. The molecule has 0 bridgehead atoms. The Bertz CT molecular complexity index is 498. The molecule has 7 nitrogen and oxygen atoms in total. The zero-order valence-electron chi connectivity index (χ0n) is 11.8. The topological polar surface area (TPSA) is 96.1 Å². The monoisotopic (exact) mass is 290 g/mol. The first-order valence-electron chi connectivity index (χ1n) is 6.09. The summed E-state index contributed by atoms with van der Waals surface area (Å²) < 4.78 is 32.1. The van der Waals surface area contributed by atoms with Gasteiger partial charge in [-0.3, -0.25) is 5.10 Å². The first-order chi connectivity index (χ1) is 8.92. The molecule has 0 aliphatic carbocycles. The Hall–Kier alpha value is -0.960. The first-order valence-corrected chi connectivity index (χ1v) is 7.57. The van der Waals surface area contributed by atoms with Gasteiger partial charge in [0.2, 0.25) is 10.0 Å². The van der Waals surface area contributed by atoms with Crippen molar-refractivity contribution in [3.05, 3.63) is 11.4 Å². The summed E-state index contributed by atoms with van der Waals surface area (Å²) >= 11 is 0. The van der Waals surface area contributed by atoms with E-state index in [4.69, 9.17) is 4.74 Å². The summed E-state index contributed by atoms with van der Waals surface area (Å²) in [5.74, 6) is 0.111. The summed E-state index contributed by atoms with van der Waals surface area (Å²) in [5, 5.41) is 9.61. The third-order valence-corrected chi connectivity index (χ3v) is 4.27. The van der Waals surface area contributed by atoms with Crippen molar-refractivity contribution in [3.63, 3.8) is 0 Å². The smallest absolute Gasteiger partial charge is 0.244 e. The van der Waals surface area contributed by atoms with E-state index in [1.807, 2.05) is 6.92 Å². The van der Waals surface area contributed by atoms with Crippen LogP contribution in [-0.2, 0) is 21.3 Å². The highest BCUT2D eigenvalue weighted by Gasteiger charge is 2.24. The summed E-state index contributed by atoms with van der Waals surface area (Å²) in [5.41, 5.74) is 1.03. The second-order valence-electron chi connectivity index (χ2n) is 4.57. The minimum atomic E-state index is -3.55. The van der Waals surface area contributed by atoms with Gasteiger partial charge < -0.3 is 10.1 Å². The van der Waals surface area contributed by atoms with Crippen molar-refractivity contribution in [2.24, 2.45) is 5.92 Å². The van der Waals surface area contributed by atoms with Crippen molar-refractivity contribution in [2.45, 2.75) is 25.3 Å². The summed E-state index contributed by atoms with van der Waals surface area (Å²) in [4.78, 5) is 0.228. The van der Waals surface area contributed by atoms with Crippen LogP contribution in [0.3, 0.4) is 0 Å². The van der Waals surface area contributed by atoms with Gasteiger partial charge in [-0.1, -0.05) is 6.92 Å². The number of rotatable bonds is 8. The lowest BCUT2D eigenvalue weighted by Gasteiger charge is -2.12. The zero-order valence-corrected chi connectivity index (χ0v) is 12.6. The van der Waals surface area contributed by atoms with Gasteiger partial charge in [0.1, 0.15) is 4.90 Å². The van der Waals surface area contributed by atoms with E-state index in [2.05, 4.69) is 20.2 Å². The van der Waals surface area contributed by atoms with E-state index in [0.717, 1.165) is 0 Å². The van der Waals surface area contributed by atoms with E-state index >= 15 is 0 Å². The number of nitrogens with zero attached hydrogens (tertiary/aromatic N) is 1. The van der Waals surface area contributed by atoms with Gasteiger partial charge in [0.05, 0.1) is 11.4 Å². The lowest BCUT2D eigenvalue weighted by molar-refractivity contribution is 0.161. The van der Waals surface area contributed by atoms with Gasteiger partial charge >= 0.3 is 0 Å². The predicted octanol–water partition coefficient (Wildman–Crippen LogP) is -0.00168. The third-order valence-electron chi connectivity index (χ3n) is 2.65. The van der Waals surface area contributed by atoms with Gasteiger partial charge in [-0.15, -0.1) is 0 Å². The van der Waals surface area contributed by atoms with Crippen molar-refractivity contribution in [1.82, 2.24) is 20.2 Å². The van der Waals surface area contributed by atoms with Crippen LogP contribution in [0.5, 0.6) is 0 Å². The van der Waals surface area contributed by atoms with Crippen LogP contribution in [-0.4, -0.2) is 45.9 Å². The fraction of sp³-hybridized carbons (Fsp3) is 0.727. The predicted molar refractivity (Wildman–Crippen MR) is 72.3 cm³/mol. The second-order valence-corrected chi connectivity index (χ2v) is 6.27. The van der Waals surface area contributed by atoms with Gasteiger partial charge in [0, 0.05) is 26.8 Å². The highest BCUT2D eigenvalue weighted by atomic mass is 32.2. The normalized spacial score (nSPS) is 13.7. The molecular weight excluding hydrogens is 268 g/mol. The second kappa shape index (κ2) is 6.99. The quantitative estimate of drug-likeness (QED) is 0.626. The molecule has 1 atom stereocenters. The van der Waals surface area contributed by atoms with Gasteiger partial charge in [-0.2, -0.15) is 5.10 Å². The molecule has 110 valence electrons. The fourth-order valence-corrected chi connectivity index (χ4v) is 3.31. The number of aromatic nitrogens is 2. The molecule has 0 saturated heterocycles. The standard InChI is InChI=1S/C11H22N4O3S/c1-8(7-18-4)5-13-19(16,17)11-9(2)14-15-10(11)6-12-3/h8,12-13H,5-7H2,1-4H3,(H,14,15). The van der Waals surface area contributed by atoms with Gasteiger partial charge in [-0.05, 0) is 19.9 Å². The SMILES string of the molecule is CNCc1n[nH]c(C)c1S(=O)(=O)NCC(C)COC. The molecule has 1 aromatic heterocycles. The maximum atomic E-state index is 12.3. The number of methoxy groups -OCH3 is 1. The van der Waals surface area contributed by atoms with Crippen LogP contribution in [0.4, 0.5) is 0 Å². The molecule has 0 fully saturated rings. The molecule has 1 heterocycles. The first kappa shape index (κ1) is 16.1. The van der Waals surface area contributed by atoms with E-state index < -0.39 is 10.0 Å². The van der Waals surface area contributed by atoms with Crippen LogP contribution in [0.1, 0.15) is 18.3 Å². The van der Waals surface area contributed by atoms with Crippen LogP contribution in [0, 0.1) is 12.8 Å². The lowest BCUT2D eigenvalue weighted by atomic mass is 10.2. The highest BCUT2D eigenvalue weighted by molar-refractivity contribution is 7.89. The van der Waals surface area contributed by atoms with Crippen molar-refractivity contribution >= 4 is 10.0 Å². The molecule has 19 heavy (non-hydrogen) atoms. The third kappa shape index (κ3) is 4.27. The average Bonchev–Trinajstić information content (AvgIpc) is 2.70. The molecule has 1 rings (SSSR count). The molecule has 0 radical (unpaired) electrons. The summed E-state index contributed by atoms with van der Waals surface area (Å²) in [7, 11) is -0.215. The van der Waals surface area contributed by atoms with Crippen molar-refractivity contribution in [3.8, 4) is 0 Å². The maximum Gasteiger partial charge on any atom is 0.244 e. The number of hydrogen-bond acceptors (Lipinski definition) is 5. The van der Waals surface area contributed by atoms with E-state index in [1.54, 1.807) is 21.1 Å². The Morgan fingerprint density at radius 3 is 2.74 bits per heavy atom. The number of hydrogen-bond donors (Lipinski definition) is 3. The zero-order chi connectivity index (χ0) is 14.5. The Labute approximate surface area is 114 Å². The van der Waals surface area contributed by atoms with Crippen LogP contribution < -0.4 is 10.0 Å². The molecule has 0 spiro atoms. The van der Waals surface area contributed by atoms with Crippen LogP contribution in [0.25, 0.3) is 0 Å². The van der Waals surface area contributed by atoms with Crippen molar-refractivity contribution in [1.29, 1.82) is 0 Å². The molecule has 0 aliphatic rings. The molecule has 0 aromatic carbocycles. The van der Waals surface area contributed by atoms with E-state index in [9.17, 15) is 8.42 Å². The maximum absolute atomic E-state index is 12.3. The minimum absolute atomic E-state index is 0.111. The molecule has 0 saturated carbocycles. The van der Waals surface area contributed by atoms with Crippen LogP contribution in [0.15, 0.2) is 4.90 Å². The Kier molecular flexibility index (Phi) is 5.92. The average molecular weight is 290 g/mol. The Morgan fingerprint density at radius 1 is 1.47 bits per heavy atom. The number of sulfonamides is 1. The lowest BCUT2D eigenvalue weighted by Crippen LogP contribution is -2.31. The molecular formula is C11H22N4O3S. The van der Waals surface area contributed by atoms with Crippen molar-refractivity contribution in [2.75, 3.05) is 27.3 Å². The van der Waals surface area contributed by atoms with Crippen LogP contribution >= 0.6 is 0 Å². The van der Waals surface area contributed by atoms with E-state index in [-0.39, 0.29) is 10.8 Å². The fourth-order valence-electron chi connectivity index (χ4n) is 1.78. The number of aromatic amines is 1. The largest absolute Gasteiger partial charge is 0.384 e. The molecule has 8 heteroatoms.